The minimum absolute atomic E-state index is 0. The molecule has 0 atom stereocenters. The zero-order valence-corrected chi connectivity index (χ0v) is 41.8. The molecule has 2 fully saturated rings. The van der Waals surface area contributed by atoms with Crippen molar-refractivity contribution in [2.45, 2.75) is 144 Å². The van der Waals surface area contributed by atoms with E-state index in [-0.39, 0.29) is 30.2 Å². The van der Waals surface area contributed by atoms with Gasteiger partial charge in [0.2, 0.25) is 0 Å². The summed E-state index contributed by atoms with van der Waals surface area (Å²) in [4.78, 5) is 0. The summed E-state index contributed by atoms with van der Waals surface area (Å²) < 4.78 is 0. The topological polar surface area (TPSA) is 0 Å². The number of rotatable bonds is 8. The SMILES string of the molecule is C[Si](C)=[Zr+2].Cc1cc(-c2ccc(C(C)C)cc2)c2cc(CC3CCCCC3)[cH-]c2c1.Cc1cc(-c2ccc(C(C)C)cc2)c2cc(CC3CCCCC3)[cH-]c2c1.[Cl-].[Cl-]. The Labute approximate surface area is 380 Å². The molecule has 6 aromatic carbocycles. The second kappa shape index (κ2) is 23.1. The third kappa shape index (κ3) is 13.4. The molecule has 0 heterocycles. The maximum atomic E-state index is 2.47. The van der Waals surface area contributed by atoms with Crippen molar-refractivity contribution in [2.75, 3.05) is 0 Å². The quantitative estimate of drug-likeness (QED) is 0.105. The van der Waals surface area contributed by atoms with Crippen molar-refractivity contribution < 1.29 is 48.1 Å². The fraction of sp³-hybridized carbons (Fsp3) is 0.444. The summed E-state index contributed by atoms with van der Waals surface area (Å²) in [6, 6.07) is 37.6. The summed E-state index contributed by atoms with van der Waals surface area (Å²) in [5, 5.41) is 5.69. The first kappa shape index (κ1) is 48.4. The molecule has 0 bridgehead atoms. The Morgan fingerprint density at radius 2 is 0.862 bits per heavy atom. The van der Waals surface area contributed by atoms with Crippen molar-refractivity contribution >= 4 is 27.0 Å². The van der Waals surface area contributed by atoms with Crippen molar-refractivity contribution in [3.8, 4) is 22.3 Å². The van der Waals surface area contributed by atoms with Gasteiger partial charge in [-0.1, -0.05) is 175 Å². The molecule has 58 heavy (non-hydrogen) atoms. The van der Waals surface area contributed by atoms with Crippen LogP contribution in [-0.2, 0) is 36.2 Å². The van der Waals surface area contributed by atoms with Crippen molar-refractivity contribution in [1.29, 1.82) is 0 Å². The van der Waals surface area contributed by atoms with Gasteiger partial charge in [-0.2, -0.15) is 12.1 Å². The Morgan fingerprint density at radius 3 is 1.17 bits per heavy atom. The summed E-state index contributed by atoms with van der Waals surface area (Å²) in [5.74, 6) is 2.97. The standard InChI is InChI=1S/2C26H31.C2H6Si.2ClH.Zr/c2*1-18(2)22-9-11-23(12-10-22)25-14-19(3)13-24-16-21(17-26(24)25)15-20-7-5-4-6-8-20;1-3-2;;;/h2*9-14,16-18,20H,4-8,15H2,1-3H3;1-2H3;2*1H;/q2*-1;;;;+2/p-2. The van der Waals surface area contributed by atoms with E-state index in [0.717, 1.165) is 11.8 Å². The molecule has 0 nitrogen and oxygen atoms in total. The van der Waals surface area contributed by atoms with Crippen molar-refractivity contribution in [3.05, 3.63) is 130 Å². The predicted molar refractivity (Wildman–Crippen MR) is 246 cm³/mol. The molecule has 4 heteroatoms. The monoisotopic (exact) mass is 904 g/mol. The number of benzene rings is 4. The molecule has 0 spiro atoms. The average Bonchev–Trinajstić information content (AvgIpc) is 3.78. The van der Waals surface area contributed by atoms with Crippen LogP contribution in [0.1, 0.15) is 137 Å². The predicted octanol–water partition coefficient (Wildman–Crippen LogP) is 10.4. The number of hydrogen-bond donors (Lipinski definition) is 0. The van der Waals surface area contributed by atoms with Crippen LogP contribution in [0.4, 0.5) is 0 Å². The van der Waals surface area contributed by atoms with Crippen molar-refractivity contribution in [1.82, 2.24) is 0 Å². The molecule has 0 aromatic heterocycles. The summed E-state index contributed by atoms with van der Waals surface area (Å²) in [7, 11) is 0. The third-order valence-electron chi connectivity index (χ3n) is 12.3. The van der Waals surface area contributed by atoms with Crippen LogP contribution in [0.3, 0.4) is 0 Å². The molecule has 2 saturated carbocycles. The van der Waals surface area contributed by atoms with Gasteiger partial charge < -0.3 is 24.8 Å². The van der Waals surface area contributed by atoms with Crippen LogP contribution in [-0.4, -0.2) is 5.43 Å². The van der Waals surface area contributed by atoms with Gasteiger partial charge in [-0.15, -0.1) is 56.9 Å². The Balaban J connectivity index is 0.000000228. The van der Waals surface area contributed by atoms with Gasteiger partial charge in [0.1, 0.15) is 0 Å². The molecule has 8 rings (SSSR count). The van der Waals surface area contributed by atoms with Crippen molar-refractivity contribution in [3.63, 3.8) is 0 Å². The number of hydrogen-bond acceptors (Lipinski definition) is 0. The Bertz CT molecular complexity index is 2020. The van der Waals surface area contributed by atoms with Crippen molar-refractivity contribution in [2.24, 2.45) is 11.8 Å². The first-order valence-corrected chi connectivity index (χ1v) is 28.2. The molecular weight excluding hydrogens is 839 g/mol. The summed E-state index contributed by atoms with van der Waals surface area (Å²) >= 11 is 1.74. The van der Waals surface area contributed by atoms with E-state index in [1.807, 2.05) is 0 Å². The Hall–Kier alpha value is -2.22. The van der Waals surface area contributed by atoms with Crippen LogP contribution in [0.2, 0.25) is 13.1 Å². The average molecular weight is 907 g/mol. The zero-order chi connectivity index (χ0) is 39.8. The van der Waals surface area contributed by atoms with Crippen LogP contribution in [0, 0.1) is 25.7 Å². The van der Waals surface area contributed by atoms with Crippen LogP contribution < -0.4 is 24.8 Å². The van der Waals surface area contributed by atoms with E-state index in [0.29, 0.717) is 11.8 Å². The van der Waals surface area contributed by atoms with E-state index in [1.165, 1.54) is 154 Å². The minimum atomic E-state index is 0. The van der Waals surface area contributed by atoms with E-state index < -0.39 is 0 Å². The van der Waals surface area contributed by atoms with Gasteiger partial charge in [0.15, 0.2) is 0 Å². The smallest absolute Gasteiger partial charge is 0.0219 e. The van der Waals surface area contributed by atoms with Crippen LogP contribution in [0.25, 0.3) is 43.8 Å². The molecule has 0 N–H and O–H groups in total. The molecule has 0 radical (unpaired) electrons. The Kier molecular flexibility index (Phi) is 19.3. The maximum absolute atomic E-state index is 2.47. The molecule has 6 aromatic rings. The molecule has 0 saturated heterocycles. The summed E-state index contributed by atoms with van der Waals surface area (Å²) in [5.41, 5.74) is 14.3. The van der Waals surface area contributed by atoms with Gasteiger partial charge in [0.25, 0.3) is 0 Å². The molecule has 308 valence electrons. The molecule has 0 amide bonds. The maximum Gasteiger partial charge on any atom is -0.0219 e. The van der Waals surface area contributed by atoms with Gasteiger partial charge in [0, 0.05) is 0 Å². The van der Waals surface area contributed by atoms with Crippen LogP contribution >= 0.6 is 0 Å². The number of aryl methyl sites for hydroxylation is 2. The van der Waals surface area contributed by atoms with E-state index in [2.05, 4.69) is 152 Å². The van der Waals surface area contributed by atoms with E-state index in [9.17, 15) is 0 Å². The van der Waals surface area contributed by atoms with Crippen LogP contribution in [0.15, 0.2) is 97.1 Å². The fourth-order valence-corrected chi connectivity index (χ4v) is 9.32. The first-order valence-electron chi connectivity index (χ1n) is 22.1. The second-order valence-electron chi connectivity index (χ2n) is 18.3. The summed E-state index contributed by atoms with van der Waals surface area (Å²) in [6.45, 7) is 18.1. The molecule has 0 unspecified atom stereocenters. The number of fused-ring (bicyclic) bond motifs is 2. The van der Waals surface area contributed by atoms with Gasteiger partial charge in [-0.3, -0.25) is 0 Å². The number of halogens is 2. The Morgan fingerprint density at radius 1 is 0.534 bits per heavy atom. The van der Waals surface area contributed by atoms with E-state index in [1.54, 1.807) is 23.3 Å². The normalized spacial score (nSPS) is 14.7. The van der Waals surface area contributed by atoms with E-state index >= 15 is 0 Å². The van der Waals surface area contributed by atoms with Gasteiger partial charge in [-0.25, -0.2) is 0 Å². The third-order valence-corrected chi connectivity index (χ3v) is 12.3. The van der Waals surface area contributed by atoms with Gasteiger partial charge >= 0.3 is 41.9 Å². The molecule has 2 aliphatic rings. The largest absolute Gasteiger partial charge is 1.00 e. The first-order chi connectivity index (χ1) is 26.9. The second-order valence-corrected chi connectivity index (χ2v) is 27.7. The fourth-order valence-electron chi connectivity index (χ4n) is 9.32. The van der Waals surface area contributed by atoms with Gasteiger partial charge in [0.05, 0.1) is 0 Å². The zero-order valence-electron chi connectivity index (χ0n) is 36.8. The van der Waals surface area contributed by atoms with Crippen LogP contribution in [0.5, 0.6) is 0 Å². The summed E-state index contributed by atoms with van der Waals surface area (Å²) in [6.07, 6.45) is 16.8. The molecule has 2 aliphatic carbocycles. The molecular formula is C54H68Cl2SiZr-2. The van der Waals surface area contributed by atoms with E-state index in [4.69, 9.17) is 0 Å². The minimum Gasteiger partial charge on any atom is -1.00 e. The van der Waals surface area contributed by atoms with Gasteiger partial charge in [-0.05, 0) is 72.6 Å². The molecule has 0 aliphatic heterocycles.